The molecule has 0 saturated carbocycles. The second kappa shape index (κ2) is 8.28. The Bertz CT molecular complexity index is 990. The largest absolute Gasteiger partial charge is 0.416 e. The monoisotopic (exact) mass is 425 g/mol. The summed E-state index contributed by atoms with van der Waals surface area (Å²) >= 11 is 7.08. The van der Waals surface area contributed by atoms with Crippen LogP contribution in [0.15, 0.2) is 59.9 Å². The molecule has 0 unspecified atom stereocenters. The summed E-state index contributed by atoms with van der Waals surface area (Å²) in [5.41, 5.74) is 0.928. The molecule has 1 heterocycles. The Labute approximate surface area is 168 Å². The fourth-order valence-electron chi connectivity index (χ4n) is 2.52. The average Bonchev–Trinajstić information content (AvgIpc) is 3.02. The van der Waals surface area contributed by atoms with E-state index in [9.17, 15) is 18.0 Å². The molecule has 0 bridgehead atoms. The third-order valence-corrected chi connectivity index (χ3v) is 5.29. The van der Waals surface area contributed by atoms with Gasteiger partial charge in [0.25, 0.3) is 0 Å². The predicted molar refractivity (Wildman–Crippen MR) is 104 cm³/mol. The van der Waals surface area contributed by atoms with E-state index in [1.165, 1.54) is 11.8 Å². The molecule has 0 fully saturated rings. The van der Waals surface area contributed by atoms with Gasteiger partial charge < -0.3 is 9.88 Å². The number of halogens is 4. The molecule has 0 radical (unpaired) electrons. The Kier molecular flexibility index (Phi) is 6.00. The number of benzene rings is 2. The predicted octanol–water partition coefficient (Wildman–Crippen LogP) is 5.49. The van der Waals surface area contributed by atoms with Crippen molar-refractivity contribution in [3.8, 4) is 11.3 Å². The highest BCUT2D eigenvalue weighted by Gasteiger charge is 2.31. The molecule has 0 atom stereocenters. The lowest BCUT2D eigenvalue weighted by atomic mass is 10.2. The van der Waals surface area contributed by atoms with Crippen molar-refractivity contribution >= 4 is 35.0 Å². The smallest absolute Gasteiger partial charge is 0.324 e. The third kappa shape index (κ3) is 4.69. The van der Waals surface area contributed by atoms with E-state index in [-0.39, 0.29) is 16.5 Å². The van der Waals surface area contributed by atoms with Crippen molar-refractivity contribution in [1.82, 2.24) is 9.55 Å². The van der Waals surface area contributed by atoms with Gasteiger partial charge in [0.1, 0.15) is 0 Å². The normalized spacial score (nSPS) is 11.5. The lowest BCUT2D eigenvalue weighted by Crippen LogP contribution is -2.16. The summed E-state index contributed by atoms with van der Waals surface area (Å²) < 4.78 is 40.3. The maximum atomic E-state index is 12.8. The molecule has 3 rings (SSSR count). The number of hydrogen-bond donors (Lipinski definition) is 1. The van der Waals surface area contributed by atoms with Crippen LogP contribution in [0.2, 0.25) is 5.02 Å². The van der Waals surface area contributed by atoms with Crippen LogP contribution in [0.25, 0.3) is 11.3 Å². The minimum absolute atomic E-state index is 0.0222. The molecular weight excluding hydrogens is 411 g/mol. The molecule has 28 heavy (non-hydrogen) atoms. The molecule has 0 aliphatic heterocycles. The molecule has 0 aliphatic rings. The van der Waals surface area contributed by atoms with Crippen LogP contribution in [-0.2, 0) is 18.0 Å². The van der Waals surface area contributed by atoms with Crippen LogP contribution >= 0.6 is 23.4 Å². The topological polar surface area (TPSA) is 46.9 Å². The van der Waals surface area contributed by atoms with Crippen molar-refractivity contribution < 1.29 is 18.0 Å². The number of hydrogen-bond acceptors (Lipinski definition) is 3. The number of imidazole rings is 1. The molecule has 2 aromatic carbocycles. The second-order valence-corrected chi connectivity index (χ2v) is 7.23. The third-order valence-electron chi connectivity index (χ3n) is 3.92. The molecule has 0 aliphatic carbocycles. The number of rotatable bonds is 5. The van der Waals surface area contributed by atoms with Crippen LogP contribution in [-0.4, -0.2) is 21.2 Å². The van der Waals surface area contributed by atoms with Gasteiger partial charge in [0, 0.05) is 7.05 Å². The van der Waals surface area contributed by atoms with E-state index < -0.39 is 17.6 Å². The van der Waals surface area contributed by atoms with Gasteiger partial charge in [-0.05, 0) is 23.8 Å². The van der Waals surface area contributed by atoms with Crippen molar-refractivity contribution in [2.75, 3.05) is 11.1 Å². The lowest BCUT2D eigenvalue weighted by molar-refractivity contribution is -0.137. The number of carbonyl (C=O) groups is 1. The molecule has 146 valence electrons. The van der Waals surface area contributed by atoms with Gasteiger partial charge in [-0.15, -0.1) is 0 Å². The van der Waals surface area contributed by atoms with Gasteiger partial charge in [-0.3, -0.25) is 4.79 Å². The first-order valence-corrected chi connectivity index (χ1v) is 9.48. The summed E-state index contributed by atoms with van der Waals surface area (Å²) in [6.07, 6.45) is -2.81. The number of aromatic nitrogens is 2. The van der Waals surface area contributed by atoms with Crippen LogP contribution in [0.1, 0.15) is 5.56 Å². The van der Waals surface area contributed by atoms with E-state index in [0.29, 0.717) is 5.16 Å². The zero-order valence-corrected chi connectivity index (χ0v) is 16.2. The van der Waals surface area contributed by atoms with Gasteiger partial charge in [-0.1, -0.05) is 53.7 Å². The second-order valence-electron chi connectivity index (χ2n) is 5.88. The lowest BCUT2D eigenvalue weighted by Gasteiger charge is -2.11. The Morgan fingerprint density at radius 2 is 1.93 bits per heavy atom. The summed E-state index contributed by atoms with van der Waals surface area (Å²) in [6.45, 7) is 0. The number of nitrogens with one attached hydrogen (secondary N) is 1. The fraction of sp³-hybridized carbons (Fsp3) is 0.158. The molecule has 1 amide bonds. The number of anilines is 1. The van der Waals surface area contributed by atoms with Gasteiger partial charge in [-0.2, -0.15) is 13.2 Å². The first-order valence-electron chi connectivity index (χ1n) is 8.12. The number of carbonyl (C=O) groups excluding carboxylic acids is 1. The molecular formula is C19H15ClF3N3OS. The van der Waals surface area contributed by atoms with Gasteiger partial charge in [0.2, 0.25) is 5.91 Å². The van der Waals surface area contributed by atoms with Crippen molar-refractivity contribution in [1.29, 1.82) is 0 Å². The van der Waals surface area contributed by atoms with Crippen molar-refractivity contribution in [2.45, 2.75) is 11.3 Å². The summed E-state index contributed by atoms with van der Waals surface area (Å²) in [5, 5.41) is 3.07. The van der Waals surface area contributed by atoms with Gasteiger partial charge in [-0.25, -0.2) is 4.98 Å². The highest BCUT2D eigenvalue weighted by Crippen LogP contribution is 2.34. The van der Waals surface area contributed by atoms with Gasteiger partial charge >= 0.3 is 6.18 Å². The molecule has 0 spiro atoms. The number of amides is 1. The maximum absolute atomic E-state index is 12.8. The Balaban J connectivity index is 1.67. The molecule has 1 N–H and O–H groups in total. The van der Waals surface area contributed by atoms with Crippen LogP contribution in [0.4, 0.5) is 18.9 Å². The van der Waals surface area contributed by atoms with E-state index in [2.05, 4.69) is 10.3 Å². The minimum atomic E-state index is -4.51. The zero-order chi connectivity index (χ0) is 20.3. The summed E-state index contributed by atoms with van der Waals surface area (Å²) in [5.74, 6) is -0.499. The summed E-state index contributed by atoms with van der Waals surface area (Å²) in [4.78, 5) is 16.5. The molecule has 4 nitrogen and oxygen atoms in total. The highest BCUT2D eigenvalue weighted by molar-refractivity contribution is 7.99. The van der Waals surface area contributed by atoms with E-state index in [0.717, 1.165) is 29.5 Å². The SMILES string of the molecule is Cn1c(-c2ccccc2)cnc1SCC(=O)Nc1cc(C(F)(F)F)ccc1Cl. The van der Waals surface area contributed by atoms with Crippen molar-refractivity contribution in [2.24, 2.45) is 7.05 Å². The molecule has 9 heteroatoms. The standard InChI is InChI=1S/C19H15ClF3N3OS/c1-26-16(12-5-3-2-4-6-12)10-24-18(26)28-11-17(27)25-15-9-13(19(21,22)23)7-8-14(15)20/h2-10H,11H2,1H3,(H,25,27). The van der Waals surface area contributed by atoms with Gasteiger partial charge in [0.05, 0.1) is 33.9 Å². The van der Waals surface area contributed by atoms with E-state index in [1.807, 2.05) is 41.9 Å². The Morgan fingerprint density at radius 1 is 1.21 bits per heavy atom. The summed E-state index contributed by atoms with van der Waals surface area (Å²) in [7, 11) is 1.83. The zero-order valence-electron chi connectivity index (χ0n) is 14.6. The Hall–Kier alpha value is -2.45. The number of thioether (sulfide) groups is 1. The quantitative estimate of drug-likeness (QED) is 0.550. The van der Waals surface area contributed by atoms with Crippen LogP contribution in [0, 0.1) is 0 Å². The number of nitrogens with zero attached hydrogens (tertiary/aromatic N) is 2. The van der Waals surface area contributed by atoms with Crippen LogP contribution < -0.4 is 5.32 Å². The van der Waals surface area contributed by atoms with Gasteiger partial charge in [0.15, 0.2) is 5.16 Å². The first kappa shape index (κ1) is 20.3. The molecule has 1 aromatic heterocycles. The maximum Gasteiger partial charge on any atom is 0.416 e. The van der Waals surface area contributed by atoms with Crippen LogP contribution in [0.3, 0.4) is 0 Å². The first-order chi connectivity index (χ1) is 13.3. The van der Waals surface area contributed by atoms with Crippen molar-refractivity contribution in [3.05, 3.63) is 65.3 Å². The molecule has 3 aromatic rings. The van der Waals surface area contributed by atoms with E-state index in [4.69, 9.17) is 11.6 Å². The average molecular weight is 426 g/mol. The number of alkyl halides is 3. The Morgan fingerprint density at radius 3 is 2.61 bits per heavy atom. The van der Waals surface area contributed by atoms with E-state index in [1.54, 1.807) is 6.20 Å². The van der Waals surface area contributed by atoms with Crippen molar-refractivity contribution in [3.63, 3.8) is 0 Å². The summed E-state index contributed by atoms with van der Waals surface area (Å²) in [6, 6.07) is 12.5. The van der Waals surface area contributed by atoms with Crippen LogP contribution in [0.5, 0.6) is 0 Å². The highest BCUT2D eigenvalue weighted by atomic mass is 35.5. The fourth-order valence-corrected chi connectivity index (χ4v) is 3.43. The molecule has 0 saturated heterocycles. The minimum Gasteiger partial charge on any atom is -0.324 e. The van der Waals surface area contributed by atoms with E-state index >= 15 is 0 Å².